The van der Waals surface area contributed by atoms with Crippen molar-refractivity contribution in [1.29, 1.82) is 0 Å². The molecule has 0 amide bonds. The molecule has 1 rings (SSSR count). The normalized spacial score (nSPS) is 21.8. The summed E-state index contributed by atoms with van der Waals surface area (Å²) >= 11 is 1.84. The highest BCUT2D eigenvalue weighted by Gasteiger charge is 2.28. The lowest BCUT2D eigenvalue weighted by atomic mass is 10.3. The molecule has 1 aliphatic heterocycles. The molecule has 0 aromatic heterocycles. The Bertz CT molecular complexity index is 287. The van der Waals surface area contributed by atoms with Crippen LogP contribution in [0.2, 0.25) is 0 Å². The average molecular weight is 266 g/mol. The zero-order chi connectivity index (χ0) is 12.0. The highest BCUT2D eigenvalue weighted by Crippen LogP contribution is 2.23. The van der Waals surface area contributed by atoms with Crippen LogP contribution in [-0.4, -0.2) is 56.2 Å². The summed E-state index contributed by atoms with van der Waals surface area (Å²) in [7, 11) is -1.35. The lowest BCUT2D eigenvalue weighted by Crippen LogP contribution is -2.40. The number of hydrogen-bond acceptors (Lipinski definition) is 4. The number of rotatable bonds is 7. The molecular weight excluding hydrogens is 244 g/mol. The fourth-order valence-electron chi connectivity index (χ4n) is 1.68. The van der Waals surface area contributed by atoms with Gasteiger partial charge in [0.15, 0.2) is 0 Å². The van der Waals surface area contributed by atoms with Gasteiger partial charge < -0.3 is 5.32 Å². The third-order valence-electron chi connectivity index (χ3n) is 2.82. The van der Waals surface area contributed by atoms with Gasteiger partial charge in [0, 0.05) is 25.4 Å². The third kappa shape index (κ3) is 4.24. The Morgan fingerprint density at radius 3 is 2.75 bits per heavy atom. The molecule has 0 aliphatic carbocycles. The van der Waals surface area contributed by atoms with Crippen LogP contribution in [0.5, 0.6) is 0 Å². The van der Waals surface area contributed by atoms with Gasteiger partial charge in [-0.25, -0.2) is 12.7 Å². The maximum Gasteiger partial charge on any atom is 0.215 e. The molecule has 1 unspecified atom stereocenters. The van der Waals surface area contributed by atoms with Crippen molar-refractivity contribution in [2.45, 2.75) is 25.8 Å². The monoisotopic (exact) mass is 266 g/mol. The van der Waals surface area contributed by atoms with Crippen LogP contribution >= 0.6 is 11.8 Å². The minimum absolute atomic E-state index is 0.209. The number of sulfonamides is 1. The van der Waals surface area contributed by atoms with Crippen LogP contribution in [0.4, 0.5) is 0 Å². The summed E-state index contributed by atoms with van der Waals surface area (Å²) in [5.74, 6) is 2.24. The highest BCUT2D eigenvalue weighted by molar-refractivity contribution is 7.99. The predicted molar refractivity (Wildman–Crippen MR) is 70.4 cm³/mol. The molecule has 0 aromatic carbocycles. The van der Waals surface area contributed by atoms with Crippen LogP contribution in [0.25, 0.3) is 0 Å². The number of nitrogens with zero attached hydrogens (tertiary/aromatic N) is 1. The molecule has 1 N–H and O–H groups in total. The minimum Gasteiger partial charge on any atom is -0.316 e. The second-order valence-electron chi connectivity index (χ2n) is 4.10. The Kier molecular flexibility index (Phi) is 6.10. The van der Waals surface area contributed by atoms with E-state index >= 15 is 0 Å². The zero-order valence-electron chi connectivity index (χ0n) is 10.1. The molecule has 96 valence electrons. The summed E-state index contributed by atoms with van der Waals surface area (Å²) in [5, 5.41) is 3.13. The van der Waals surface area contributed by atoms with Gasteiger partial charge in [-0.05, 0) is 25.1 Å². The third-order valence-corrected chi connectivity index (χ3v) is 5.86. The molecule has 4 nitrogen and oxygen atoms in total. The first-order valence-electron chi connectivity index (χ1n) is 5.82. The van der Waals surface area contributed by atoms with Crippen molar-refractivity contribution in [3.05, 3.63) is 0 Å². The zero-order valence-corrected chi connectivity index (χ0v) is 11.7. The first-order valence-corrected chi connectivity index (χ1v) is 8.58. The van der Waals surface area contributed by atoms with Crippen LogP contribution in [0.3, 0.4) is 0 Å². The summed E-state index contributed by atoms with van der Waals surface area (Å²) < 4.78 is 25.5. The van der Waals surface area contributed by atoms with Gasteiger partial charge in [0.1, 0.15) is 0 Å². The van der Waals surface area contributed by atoms with Gasteiger partial charge >= 0.3 is 0 Å². The van der Waals surface area contributed by atoms with Crippen molar-refractivity contribution in [2.75, 3.05) is 37.4 Å². The molecule has 0 bridgehead atoms. The van der Waals surface area contributed by atoms with Crippen molar-refractivity contribution in [3.8, 4) is 0 Å². The quantitative estimate of drug-likeness (QED) is 0.691. The number of hydrogen-bond donors (Lipinski definition) is 1. The molecule has 16 heavy (non-hydrogen) atoms. The highest BCUT2D eigenvalue weighted by atomic mass is 32.2. The van der Waals surface area contributed by atoms with E-state index in [9.17, 15) is 8.42 Å². The first kappa shape index (κ1) is 14.3. The Morgan fingerprint density at radius 1 is 1.44 bits per heavy atom. The number of nitrogens with one attached hydrogen (secondary N) is 1. The summed E-state index contributed by atoms with van der Waals surface area (Å²) in [6.45, 7) is 3.52. The van der Waals surface area contributed by atoms with E-state index in [1.54, 1.807) is 11.4 Å². The van der Waals surface area contributed by atoms with Crippen LogP contribution in [0.15, 0.2) is 0 Å². The van der Waals surface area contributed by atoms with E-state index < -0.39 is 10.0 Å². The largest absolute Gasteiger partial charge is 0.316 e. The fourth-order valence-corrected chi connectivity index (χ4v) is 4.37. The van der Waals surface area contributed by atoms with E-state index in [1.165, 1.54) is 0 Å². The van der Waals surface area contributed by atoms with Crippen LogP contribution < -0.4 is 5.32 Å². The van der Waals surface area contributed by atoms with E-state index in [4.69, 9.17) is 0 Å². The van der Waals surface area contributed by atoms with Gasteiger partial charge in [-0.2, -0.15) is 11.8 Å². The van der Waals surface area contributed by atoms with E-state index in [1.807, 2.05) is 11.8 Å². The van der Waals surface area contributed by atoms with Crippen LogP contribution in [0, 0.1) is 0 Å². The molecule has 0 radical (unpaired) electrons. The molecule has 0 saturated carbocycles. The van der Waals surface area contributed by atoms with Gasteiger partial charge in [-0.15, -0.1) is 0 Å². The second kappa shape index (κ2) is 6.83. The Hall–Kier alpha value is 0.220. The molecular formula is C10H22N2O2S2. The first-order chi connectivity index (χ1) is 7.58. The number of thioether (sulfide) groups is 1. The van der Waals surface area contributed by atoms with E-state index in [-0.39, 0.29) is 11.8 Å². The molecule has 1 aliphatic rings. The smallest absolute Gasteiger partial charge is 0.215 e. The second-order valence-corrected chi connectivity index (χ2v) is 7.40. The molecule has 0 aromatic rings. The Labute approximate surface area is 103 Å². The Morgan fingerprint density at radius 2 is 2.19 bits per heavy atom. The lowest BCUT2D eigenvalue weighted by Gasteiger charge is -2.23. The van der Waals surface area contributed by atoms with Crippen LogP contribution in [-0.2, 0) is 10.0 Å². The summed E-state index contributed by atoms with van der Waals surface area (Å²) in [6.07, 6.45) is 2.03. The maximum atomic E-state index is 12.0. The topological polar surface area (TPSA) is 49.4 Å². The molecule has 0 spiro atoms. The van der Waals surface area contributed by atoms with Crippen molar-refractivity contribution >= 4 is 21.8 Å². The van der Waals surface area contributed by atoms with Crippen molar-refractivity contribution in [1.82, 2.24) is 9.62 Å². The van der Waals surface area contributed by atoms with Gasteiger partial charge in [0.2, 0.25) is 10.0 Å². The summed E-state index contributed by atoms with van der Waals surface area (Å²) in [4.78, 5) is 0. The molecule has 1 saturated heterocycles. The average Bonchev–Trinajstić information content (AvgIpc) is 2.76. The predicted octanol–water partition coefficient (Wildman–Crippen LogP) is 0.753. The van der Waals surface area contributed by atoms with Gasteiger partial charge in [-0.3, -0.25) is 0 Å². The summed E-state index contributed by atoms with van der Waals surface area (Å²) in [6, 6.07) is 0.209. The van der Waals surface area contributed by atoms with Gasteiger partial charge in [-0.1, -0.05) is 6.92 Å². The fraction of sp³-hybridized carbons (Fsp3) is 1.00. The molecule has 1 fully saturated rings. The SMILES string of the molecule is CCCNCCS(=O)(=O)N(C)C1CCSC1. The molecule has 1 atom stereocenters. The van der Waals surface area contributed by atoms with Crippen molar-refractivity contribution in [3.63, 3.8) is 0 Å². The van der Waals surface area contributed by atoms with Gasteiger partial charge in [0.05, 0.1) is 5.75 Å². The standard InChI is InChI=1S/C10H22N2O2S2/c1-3-5-11-6-8-16(13,14)12(2)10-4-7-15-9-10/h10-11H,3-9H2,1-2H3. The Balaban J connectivity index is 2.36. The van der Waals surface area contributed by atoms with E-state index in [0.29, 0.717) is 6.54 Å². The van der Waals surface area contributed by atoms with Crippen molar-refractivity contribution in [2.24, 2.45) is 0 Å². The minimum atomic E-state index is -3.07. The lowest BCUT2D eigenvalue weighted by molar-refractivity contribution is 0.394. The molecule has 6 heteroatoms. The van der Waals surface area contributed by atoms with Crippen LogP contribution in [0.1, 0.15) is 19.8 Å². The molecule has 1 heterocycles. The van der Waals surface area contributed by atoms with Gasteiger partial charge in [0.25, 0.3) is 0 Å². The maximum absolute atomic E-state index is 12.0. The van der Waals surface area contributed by atoms with Crippen molar-refractivity contribution < 1.29 is 8.42 Å². The summed E-state index contributed by atoms with van der Waals surface area (Å²) in [5.41, 5.74) is 0. The van der Waals surface area contributed by atoms with E-state index in [0.717, 1.165) is 30.9 Å². The van der Waals surface area contributed by atoms with E-state index in [2.05, 4.69) is 12.2 Å².